The summed E-state index contributed by atoms with van der Waals surface area (Å²) in [7, 11) is 0. The average Bonchev–Trinajstić information content (AvgIpc) is 2.32. The number of rotatable bonds is 3. The van der Waals surface area contributed by atoms with Crippen LogP contribution in [0.15, 0.2) is 41.1 Å². The van der Waals surface area contributed by atoms with E-state index in [4.69, 9.17) is 11.6 Å². The van der Waals surface area contributed by atoms with Crippen molar-refractivity contribution in [1.82, 2.24) is 9.97 Å². The summed E-state index contributed by atoms with van der Waals surface area (Å²) < 4.78 is 0.882. The summed E-state index contributed by atoms with van der Waals surface area (Å²) in [6, 6.07) is 7.91. The van der Waals surface area contributed by atoms with Gasteiger partial charge >= 0.3 is 0 Å². The molecule has 82 valence electrons. The summed E-state index contributed by atoms with van der Waals surface area (Å²) in [6.45, 7) is 0. The second kappa shape index (κ2) is 5.41. The molecule has 0 spiro atoms. The number of aryl methyl sites for hydroxylation is 2. The Kier molecular flexibility index (Phi) is 3.91. The van der Waals surface area contributed by atoms with Gasteiger partial charge in [-0.2, -0.15) is 0 Å². The van der Waals surface area contributed by atoms with Gasteiger partial charge in [0.25, 0.3) is 0 Å². The first kappa shape index (κ1) is 11.6. The summed E-state index contributed by atoms with van der Waals surface area (Å²) in [5.41, 5.74) is 2.24. The van der Waals surface area contributed by atoms with Gasteiger partial charge in [-0.05, 0) is 52.5 Å². The molecule has 2 heterocycles. The van der Waals surface area contributed by atoms with E-state index in [1.54, 1.807) is 6.20 Å². The van der Waals surface area contributed by atoms with Gasteiger partial charge in [-0.1, -0.05) is 17.7 Å². The number of hydrogen-bond acceptors (Lipinski definition) is 2. The highest BCUT2D eigenvalue weighted by atomic mass is 79.9. The van der Waals surface area contributed by atoms with Crippen molar-refractivity contribution in [2.24, 2.45) is 0 Å². The molecule has 0 bridgehead atoms. The van der Waals surface area contributed by atoms with Crippen molar-refractivity contribution in [1.29, 1.82) is 0 Å². The highest BCUT2D eigenvalue weighted by Gasteiger charge is 2.05. The second-order valence-corrected chi connectivity index (χ2v) is 4.55. The van der Waals surface area contributed by atoms with Crippen molar-refractivity contribution >= 4 is 27.5 Å². The quantitative estimate of drug-likeness (QED) is 0.808. The van der Waals surface area contributed by atoms with Crippen LogP contribution in [0.3, 0.4) is 0 Å². The molecule has 16 heavy (non-hydrogen) atoms. The Morgan fingerprint density at radius 2 is 1.94 bits per heavy atom. The molecule has 0 atom stereocenters. The number of halogens is 2. The first-order valence-corrected chi connectivity index (χ1v) is 6.13. The Labute approximate surface area is 108 Å². The average molecular weight is 298 g/mol. The fourth-order valence-electron chi connectivity index (χ4n) is 1.46. The van der Waals surface area contributed by atoms with Crippen LogP contribution in [0.1, 0.15) is 11.3 Å². The Morgan fingerprint density at radius 1 is 1.06 bits per heavy atom. The number of hydrogen-bond donors (Lipinski definition) is 0. The Morgan fingerprint density at radius 3 is 2.69 bits per heavy atom. The van der Waals surface area contributed by atoms with Crippen LogP contribution in [0, 0.1) is 0 Å². The number of pyridine rings is 2. The third kappa shape index (κ3) is 2.80. The lowest BCUT2D eigenvalue weighted by Crippen LogP contribution is -1.95. The van der Waals surface area contributed by atoms with Crippen LogP contribution in [0.2, 0.25) is 5.15 Å². The molecule has 2 aromatic rings. The van der Waals surface area contributed by atoms with Crippen LogP contribution in [-0.4, -0.2) is 9.97 Å². The van der Waals surface area contributed by atoms with Gasteiger partial charge in [-0.3, -0.25) is 4.98 Å². The van der Waals surface area contributed by atoms with E-state index in [1.807, 2.05) is 30.5 Å². The third-order valence-corrected chi connectivity index (χ3v) is 3.70. The molecule has 0 fully saturated rings. The Balaban J connectivity index is 2.08. The van der Waals surface area contributed by atoms with Crippen LogP contribution in [0.4, 0.5) is 0 Å². The topological polar surface area (TPSA) is 25.8 Å². The van der Waals surface area contributed by atoms with E-state index in [0.717, 1.165) is 28.6 Å². The molecule has 0 aliphatic heterocycles. The highest BCUT2D eigenvalue weighted by molar-refractivity contribution is 9.10. The monoisotopic (exact) mass is 296 g/mol. The molecule has 0 aliphatic carbocycles. The van der Waals surface area contributed by atoms with Crippen LogP contribution in [0.5, 0.6) is 0 Å². The van der Waals surface area contributed by atoms with Gasteiger partial charge in [0, 0.05) is 18.1 Å². The van der Waals surface area contributed by atoms with Crippen LogP contribution in [0.25, 0.3) is 0 Å². The zero-order valence-electron chi connectivity index (χ0n) is 8.53. The molecule has 0 saturated heterocycles. The highest BCUT2D eigenvalue weighted by Crippen LogP contribution is 2.24. The van der Waals surface area contributed by atoms with Crippen molar-refractivity contribution in [3.05, 3.63) is 57.5 Å². The van der Waals surface area contributed by atoms with Crippen LogP contribution < -0.4 is 0 Å². The lowest BCUT2D eigenvalue weighted by molar-refractivity contribution is 0.906. The van der Waals surface area contributed by atoms with Crippen molar-refractivity contribution in [3.8, 4) is 0 Å². The van der Waals surface area contributed by atoms with Crippen molar-refractivity contribution < 1.29 is 0 Å². The lowest BCUT2D eigenvalue weighted by atomic mass is 10.1. The minimum atomic E-state index is 0.513. The molecule has 0 N–H and O–H groups in total. The van der Waals surface area contributed by atoms with E-state index in [1.165, 1.54) is 0 Å². The Hall–Kier alpha value is -0.930. The van der Waals surface area contributed by atoms with Gasteiger partial charge in [-0.15, -0.1) is 0 Å². The van der Waals surface area contributed by atoms with Gasteiger partial charge in [0.15, 0.2) is 0 Å². The van der Waals surface area contributed by atoms with Crippen LogP contribution >= 0.6 is 27.5 Å². The largest absolute Gasteiger partial charge is 0.261 e. The summed E-state index contributed by atoms with van der Waals surface area (Å²) in [5, 5.41) is 0.513. The van der Waals surface area contributed by atoms with E-state index in [-0.39, 0.29) is 0 Å². The van der Waals surface area contributed by atoms with Gasteiger partial charge in [0.2, 0.25) is 0 Å². The van der Waals surface area contributed by atoms with Gasteiger partial charge < -0.3 is 0 Å². The van der Waals surface area contributed by atoms with E-state index < -0.39 is 0 Å². The molecular weight excluding hydrogens is 288 g/mol. The van der Waals surface area contributed by atoms with E-state index in [0.29, 0.717) is 5.15 Å². The van der Waals surface area contributed by atoms with E-state index in [2.05, 4.69) is 25.9 Å². The maximum Gasteiger partial charge on any atom is 0.143 e. The predicted octanol–water partition coefficient (Wildman–Crippen LogP) is 3.68. The molecule has 0 saturated carbocycles. The van der Waals surface area contributed by atoms with Crippen molar-refractivity contribution in [2.75, 3.05) is 0 Å². The first-order chi connectivity index (χ1) is 7.77. The fourth-order valence-corrected chi connectivity index (χ4v) is 2.07. The van der Waals surface area contributed by atoms with Crippen LogP contribution in [-0.2, 0) is 12.8 Å². The second-order valence-electron chi connectivity index (χ2n) is 3.40. The summed E-state index contributed by atoms with van der Waals surface area (Å²) in [4.78, 5) is 8.28. The van der Waals surface area contributed by atoms with E-state index in [9.17, 15) is 0 Å². The minimum absolute atomic E-state index is 0.513. The van der Waals surface area contributed by atoms with Gasteiger partial charge in [0.05, 0.1) is 4.47 Å². The molecular formula is C12H10BrClN2. The zero-order chi connectivity index (χ0) is 11.4. The summed E-state index contributed by atoms with van der Waals surface area (Å²) in [5.74, 6) is 0. The maximum absolute atomic E-state index is 5.92. The molecule has 0 aliphatic rings. The smallest absolute Gasteiger partial charge is 0.143 e. The Bertz CT molecular complexity index is 474. The van der Waals surface area contributed by atoms with Gasteiger partial charge in [0.1, 0.15) is 5.15 Å². The van der Waals surface area contributed by atoms with E-state index >= 15 is 0 Å². The summed E-state index contributed by atoms with van der Waals surface area (Å²) in [6.07, 6.45) is 5.34. The molecule has 0 amide bonds. The SMILES string of the molecule is Clc1nccc(CCc2ccccn2)c1Br. The molecule has 4 heteroatoms. The zero-order valence-corrected chi connectivity index (χ0v) is 10.9. The van der Waals surface area contributed by atoms with Gasteiger partial charge in [-0.25, -0.2) is 4.98 Å². The lowest BCUT2D eigenvalue weighted by Gasteiger charge is -2.04. The predicted molar refractivity (Wildman–Crippen MR) is 68.6 cm³/mol. The standard InChI is InChI=1S/C12H10BrClN2/c13-11-9(6-8-16-12(11)14)4-5-10-3-1-2-7-15-10/h1-3,6-8H,4-5H2. The molecule has 0 aromatic carbocycles. The molecule has 2 rings (SSSR count). The van der Waals surface area contributed by atoms with Crippen molar-refractivity contribution in [3.63, 3.8) is 0 Å². The maximum atomic E-state index is 5.92. The first-order valence-electron chi connectivity index (χ1n) is 4.96. The normalized spacial score (nSPS) is 10.4. The third-order valence-electron chi connectivity index (χ3n) is 2.30. The molecule has 0 radical (unpaired) electrons. The molecule has 2 nitrogen and oxygen atoms in total. The minimum Gasteiger partial charge on any atom is -0.261 e. The van der Waals surface area contributed by atoms with Crippen molar-refractivity contribution in [2.45, 2.75) is 12.8 Å². The molecule has 2 aromatic heterocycles. The molecule has 0 unspecified atom stereocenters. The fraction of sp³-hybridized carbons (Fsp3) is 0.167. The number of aromatic nitrogens is 2. The number of nitrogens with zero attached hydrogens (tertiary/aromatic N) is 2. The summed E-state index contributed by atoms with van der Waals surface area (Å²) >= 11 is 9.36.